The van der Waals surface area contributed by atoms with Crippen molar-refractivity contribution in [3.8, 4) is 11.4 Å². The van der Waals surface area contributed by atoms with Gasteiger partial charge in [-0.15, -0.1) is 0 Å². The number of nitrogens with zero attached hydrogens (tertiary/aromatic N) is 3. The first-order valence-electron chi connectivity index (χ1n) is 10.1. The highest BCUT2D eigenvalue weighted by Gasteiger charge is 2.63. The zero-order valence-electron chi connectivity index (χ0n) is 15.7. The Balaban J connectivity index is 1.46. The summed E-state index contributed by atoms with van der Waals surface area (Å²) in [6, 6.07) is 18.4. The number of fused-ring (bicyclic) bond motifs is 2. The molecule has 0 radical (unpaired) electrons. The van der Waals surface area contributed by atoms with E-state index >= 15 is 0 Å². The summed E-state index contributed by atoms with van der Waals surface area (Å²) in [4.78, 5) is 12.2. The molecule has 1 aromatic heterocycles. The highest BCUT2D eigenvalue weighted by Crippen LogP contribution is 2.55. The summed E-state index contributed by atoms with van der Waals surface area (Å²) < 4.78 is 6.42. The van der Waals surface area contributed by atoms with Gasteiger partial charge in [0.15, 0.2) is 5.82 Å². The van der Waals surface area contributed by atoms with E-state index in [4.69, 9.17) is 14.7 Å². The molecule has 5 heteroatoms. The van der Waals surface area contributed by atoms with Gasteiger partial charge in [-0.25, -0.2) is 9.97 Å². The van der Waals surface area contributed by atoms with Crippen LogP contribution in [-0.2, 0) is 4.74 Å². The Bertz CT molecular complexity index is 1040. The van der Waals surface area contributed by atoms with Crippen LogP contribution in [0.5, 0.6) is 0 Å². The molecule has 4 heterocycles. The minimum atomic E-state index is -0.114. The molecule has 3 aliphatic rings. The van der Waals surface area contributed by atoms with Crippen molar-refractivity contribution < 1.29 is 9.84 Å². The molecule has 0 amide bonds. The van der Waals surface area contributed by atoms with Crippen LogP contribution in [-0.4, -0.2) is 46.5 Å². The minimum absolute atomic E-state index is 0.114. The van der Waals surface area contributed by atoms with Crippen molar-refractivity contribution in [1.82, 2.24) is 9.97 Å². The van der Waals surface area contributed by atoms with E-state index in [9.17, 15) is 5.11 Å². The Labute approximate surface area is 164 Å². The first-order valence-corrected chi connectivity index (χ1v) is 10.1. The maximum Gasteiger partial charge on any atom is 0.162 e. The van der Waals surface area contributed by atoms with E-state index in [-0.39, 0.29) is 24.2 Å². The van der Waals surface area contributed by atoms with Crippen molar-refractivity contribution >= 4 is 16.7 Å². The molecule has 3 fully saturated rings. The van der Waals surface area contributed by atoms with Crippen molar-refractivity contribution in [2.45, 2.75) is 24.5 Å². The van der Waals surface area contributed by atoms with Gasteiger partial charge >= 0.3 is 0 Å². The molecule has 28 heavy (non-hydrogen) atoms. The average Bonchev–Trinajstić information content (AvgIpc) is 3.41. The molecule has 5 nitrogen and oxygen atoms in total. The van der Waals surface area contributed by atoms with E-state index in [2.05, 4.69) is 29.2 Å². The van der Waals surface area contributed by atoms with Crippen molar-refractivity contribution in [2.24, 2.45) is 11.8 Å². The topological polar surface area (TPSA) is 58.5 Å². The van der Waals surface area contributed by atoms with E-state index < -0.39 is 0 Å². The van der Waals surface area contributed by atoms with Gasteiger partial charge in [-0.05, 0) is 25.0 Å². The first kappa shape index (κ1) is 16.5. The second kappa shape index (κ2) is 6.00. The second-order valence-corrected chi connectivity index (χ2v) is 8.35. The van der Waals surface area contributed by atoms with E-state index in [0.717, 1.165) is 54.0 Å². The lowest BCUT2D eigenvalue weighted by atomic mass is 9.74. The highest BCUT2D eigenvalue weighted by atomic mass is 16.5. The zero-order chi connectivity index (χ0) is 18.7. The Hall–Kier alpha value is -2.50. The first-order chi connectivity index (χ1) is 13.8. The SMILES string of the molecule is OC[C@H]1[C@@H]2CC[C@@]3(CN(c4nc(-c5ccccc5)nc5ccccc45)C[C@@H]13)O2. The summed E-state index contributed by atoms with van der Waals surface area (Å²) >= 11 is 0. The lowest BCUT2D eigenvalue weighted by Gasteiger charge is -2.27. The summed E-state index contributed by atoms with van der Waals surface area (Å²) in [5.74, 6) is 2.37. The van der Waals surface area contributed by atoms with Crippen LogP contribution in [0.2, 0.25) is 0 Å². The molecule has 0 unspecified atom stereocenters. The van der Waals surface area contributed by atoms with Gasteiger partial charge in [0.1, 0.15) is 5.82 Å². The fourth-order valence-corrected chi connectivity index (χ4v) is 5.61. The standard InChI is InChI=1S/C23H23N3O2/c27-13-17-18-12-26(14-23(18)11-10-20(17)28-23)22-16-8-4-5-9-19(16)24-21(25-22)15-6-2-1-3-7-15/h1-9,17-18,20,27H,10-14H2/t17-,18+,20+,23+/m1/s1. The van der Waals surface area contributed by atoms with E-state index in [1.165, 1.54) is 0 Å². The number of ether oxygens (including phenoxy) is 1. The van der Waals surface area contributed by atoms with Gasteiger partial charge in [-0.1, -0.05) is 42.5 Å². The Morgan fingerprint density at radius 3 is 2.75 bits per heavy atom. The molecule has 6 rings (SSSR count). The number of para-hydroxylation sites is 1. The van der Waals surface area contributed by atoms with E-state index in [1.807, 2.05) is 30.3 Å². The van der Waals surface area contributed by atoms with Crippen LogP contribution in [0.25, 0.3) is 22.3 Å². The number of aliphatic hydroxyl groups excluding tert-OH is 1. The molecule has 142 valence electrons. The number of anilines is 1. The molecule has 2 bridgehead atoms. The smallest absolute Gasteiger partial charge is 0.162 e. The minimum Gasteiger partial charge on any atom is -0.396 e. The van der Waals surface area contributed by atoms with Gasteiger partial charge in [0, 0.05) is 42.5 Å². The molecule has 1 N–H and O–H groups in total. The maximum absolute atomic E-state index is 9.93. The number of rotatable bonds is 3. The van der Waals surface area contributed by atoms with Gasteiger partial charge in [-0.2, -0.15) is 0 Å². The quantitative estimate of drug-likeness (QED) is 0.764. The third-order valence-corrected chi connectivity index (χ3v) is 6.91. The zero-order valence-corrected chi connectivity index (χ0v) is 15.7. The van der Waals surface area contributed by atoms with E-state index in [1.54, 1.807) is 0 Å². The molecule has 3 aliphatic heterocycles. The molecule has 4 atom stereocenters. The number of hydrogen-bond donors (Lipinski definition) is 1. The summed E-state index contributed by atoms with van der Waals surface area (Å²) in [6.45, 7) is 1.95. The van der Waals surface area contributed by atoms with Gasteiger partial charge in [0.25, 0.3) is 0 Å². The maximum atomic E-state index is 9.93. The van der Waals surface area contributed by atoms with Crippen molar-refractivity contribution in [2.75, 3.05) is 24.6 Å². The van der Waals surface area contributed by atoms with Gasteiger partial charge < -0.3 is 14.7 Å². The largest absolute Gasteiger partial charge is 0.396 e. The van der Waals surface area contributed by atoms with Crippen LogP contribution in [0.15, 0.2) is 54.6 Å². The fraction of sp³-hybridized carbons (Fsp3) is 0.391. The molecule has 3 aromatic rings. The lowest BCUT2D eigenvalue weighted by Crippen LogP contribution is -2.37. The van der Waals surface area contributed by atoms with Crippen LogP contribution < -0.4 is 4.90 Å². The van der Waals surface area contributed by atoms with Crippen LogP contribution in [0, 0.1) is 11.8 Å². The fourth-order valence-electron chi connectivity index (χ4n) is 5.61. The third-order valence-electron chi connectivity index (χ3n) is 6.91. The molecule has 3 saturated heterocycles. The normalized spacial score (nSPS) is 30.9. The summed E-state index contributed by atoms with van der Waals surface area (Å²) in [7, 11) is 0. The lowest BCUT2D eigenvalue weighted by molar-refractivity contribution is 0.0129. The number of aromatic nitrogens is 2. The summed E-state index contributed by atoms with van der Waals surface area (Å²) in [5.41, 5.74) is 1.87. The summed E-state index contributed by atoms with van der Waals surface area (Å²) in [6.07, 6.45) is 2.39. The van der Waals surface area contributed by atoms with Crippen molar-refractivity contribution in [3.05, 3.63) is 54.6 Å². The summed E-state index contributed by atoms with van der Waals surface area (Å²) in [5, 5.41) is 11.0. The van der Waals surface area contributed by atoms with Gasteiger partial charge in [0.2, 0.25) is 0 Å². The second-order valence-electron chi connectivity index (χ2n) is 8.35. The predicted octanol–water partition coefficient (Wildman–Crippen LogP) is 3.27. The molecule has 0 aliphatic carbocycles. The Morgan fingerprint density at radius 2 is 1.89 bits per heavy atom. The molecule has 0 saturated carbocycles. The van der Waals surface area contributed by atoms with Crippen LogP contribution in [0.4, 0.5) is 5.82 Å². The molecule has 1 spiro atoms. The Kier molecular flexibility index (Phi) is 3.52. The van der Waals surface area contributed by atoms with Crippen LogP contribution in [0.1, 0.15) is 12.8 Å². The van der Waals surface area contributed by atoms with Crippen LogP contribution in [0.3, 0.4) is 0 Å². The number of aliphatic hydroxyl groups is 1. The van der Waals surface area contributed by atoms with Gasteiger partial charge in [-0.3, -0.25) is 0 Å². The highest BCUT2D eigenvalue weighted by molar-refractivity contribution is 5.91. The molecular formula is C23H23N3O2. The monoisotopic (exact) mass is 373 g/mol. The predicted molar refractivity (Wildman–Crippen MR) is 108 cm³/mol. The van der Waals surface area contributed by atoms with Crippen LogP contribution >= 0.6 is 0 Å². The van der Waals surface area contributed by atoms with Crippen molar-refractivity contribution in [3.63, 3.8) is 0 Å². The van der Waals surface area contributed by atoms with E-state index in [0.29, 0.717) is 5.92 Å². The third kappa shape index (κ3) is 2.26. The number of benzene rings is 2. The molecule has 2 aromatic carbocycles. The average molecular weight is 373 g/mol. The molecular weight excluding hydrogens is 350 g/mol. The van der Waals surface area contributed by atoms with Crippen molar-refractivity contribution in [1.29, 1.82) is 0 Å². The van der Waals surface area contributed by atoms with Gasteiger partial charge in [0.05, 0.1) is 17.2 Å². The Morgan fingerprint density at radius 1 is 1.07 bits per heavy atom. The number of hydrogen-bond acceptors (Lipinski definition) is 5.